The zero-order valence-corrected chi connectivity index (χ0v) is 10.4. The Morgan fingerprint density at radius 1 is 1.29 bits per heavy atom. The standard InChI is InChI=1S/C12H18OSi/c1-10-7-6-8-12(9-10)11(2)13-14(3,4)5/h6-9H,2H2,1,3-5H3. The molecular formula is C12H18OSi. The molecule has 0 aliphatic heterocycles. The first kappa shape index (κ1) is 11.1. The van der Waals surface area contributed by atoms with Gasteiger partial charge in [0.2, 0.25) is 8.32 Å². The average Bonchev–Trinajstić information content (AvgIpc) is 2.01. The predicted molar refractivity (Wildman–Crippen MR) is 64.6 cm³/mol. The average molecular weight is 206 g/mol. The van der Waals surface area contributed by atoms with Crippen molar-refractivity contribution in [2.45, 2.75) is 26.6 Å². The highest BCUT2D eigenvalue weighted by molar-refractivity contribution is 6.70. The molecule has 0 saturated heterocycles. The van der Waals surface area contributed by atoms with Crippen LogP contribution in [-0.4, -0.2) is 8.32 Å². The van der Waals surface area contributed by atoms with E-state index in [0.717, 1.165) is 11.3 Å². The van der Waals surface area contributed by atoms with Crippen molar-refractivity contribution in [1.82, 2.24) is 0 Å². The van der Waals surface area contributed by atoms with Gasteiger partial charge in [0.25, 0.3) is 0 Å². The lowest BCUT2D eigenvalue weighted by Crippen LogP contribution is -2.24. The lowest BCUT2D eigenvalue weighted by Gasteiger charge is -2.21. The van der Waals surface area contributed by atoms with E-state index in [0.29, 0.717) is 0 Å². The van der Waals surface area contributed by atoms with E-state index >= 15 is 0 Å². The van der Waals surface area contributed by atoms with Gasteiger partial charge in [-0.15, -0.1) is 0 Å². The molecule has 0 spiro atoms. The van der Waals surface area contributed by atoms with Gasteiger partial charge >= 0.3 is 0 Å². The Kier molecular flexibility index (Phi) is 3.16. The molecule has 0 aliphatic carbocycles. The Bertz CT molecular complexity index is 336. The van der Waals surface area contributed by atoms with Gasteiger partial charge < -0.3 is 4.43 Å². The van der Waals surface area contributed by atoms with Crippen molar-refractivity contribution in [2.75, 3.05) is 0 Å². The van der Waals surface area contributed by atoms with Crippen LogP contribution in [0.25, 0.3) is 5.76 Å². The molecule has 1 aromatic rings. The maximum absolute atomic E-state index is 5.82. The van der Waals surface area contributed by atoms with E-state index < -0.39 is 8.32 Å². The summed E-state index contributed by atoms with van der Waals surface area (Å²) < 4.78 is 5.82. The predicted octanol–water partition coefficient (Wildman–Crippen LogP) is 3.82. The molecule has 0 aliphatic rings. The van der Waals surface area contributed by atoms with Gasteiger partial charge in [0.05, 0.1) is 0 Å². The SMILES string of the molecule is C=C(O[Si](C)(C)C)c1cccc(C)c1. The quantitative estimate of drug-likeness (QED) is 0.539. The maximum Gasteiger partial charge on any atom is 0.242 e. The zero-order chi connectivity index (χ0) is 10.8. The van der Waals surface area contributed by atoms with Crippen LogP contribution in [0, 0.1) is 6.92 Å². The first-order valence-electron chi connectivity index (χ1n) is 4.83. The van der Waals surface area contributed by atoms with Crippen LogP contribution in [-0.2, 0) is 4.43 Å². The Labute approximate surface area is 87.5 Å². The Hall–Kier alpha value is -1.02. The van der Waals surface area contributed by atoms with E-state index in [1.165, 1.54) is 5.56 Å². The molecule has 76 valence electrons. The molecule has 0 unspecified atom stereocenters. The Morgan fingerprint density at radius 3 is 2.43 bits per heavy atom. The summed E-state index contributed by atoms with van der Waals surface area (Å²) in [6.45, 7) is 12.5. The number of hydrogen-bond donors (Lipinski definition) is 0. The summed E-state index contributed by atoms with van der Waals surface area (Å²) >= 11 is 0. The van der Waals surface area contributed by atoms with E-state index in [4.69, 9.17) is 4.43 Å². The summed E-state index contributed by atoms with van der Waals surface area (Å²) in [7, 11) is -1.52. The van der Waals surface area contributed by atoms with Crippen molar-refractivity contribution in [3.63, 3.8) is 0 Å². The monoisotopic (exact) mass is 206 g/mol. The molecule has 1 nitrogen and oxygen atoms in total. The molecule has 0 aromatic heterocycles. The fraction of sp³-hybridized carbons (Fsp3) is 0.333. The Balaban J connectivity index is 2.80. The fourth-order valence-electron chi connectivity index (χ4n) is 1.25. The summed E-state index contributed by atoms with van der Waals surface area (Å²) in [4.78, 5) is 0. The summed E-state index contributed by atoms with van der Waals surface area (Å²) in [5.74, 6) is 0.799. The van der Waals surface area contributed by atoms with Gasteiger partial charge in [-0.25, -0.2) is 0 Å². The highest BCUT2D eigenvalue weighted by atomic mass is 28.4. The third kappa shape index (κ3) is 3.38. The second kappa shape index (κ2) is 4.01. The van der Waals surface area contributed by atoms with Crippen LogP contribution >= 0.6 is 0 Å². The molecule has 0 bridgehead atoms. The van der Waals surface area contributed by atoms with Crippen LogP contribution in [0.15, 0.2) is 30.8 Å². The number of benzene rings is 1. The molecule has 0 N–H and O–H groups in total. The van der Waals surface area contributed by atoms with Gasteiger partial charge in [0.15, 0.2) is 0 Å². The van der Waals surface area contributed by atoms with E-state index in [-0.39, 0.29) is 0 Å². The number of rotatable bonds is 3. The highest BCUT2D eigenvalue weighted by Gasteiger charge is 2.17. The van der Waals surface area contributed by atoms with Crippen LogP contribution in [0.4, 0.5) is 0 Å². The summed E-state index contributed by atoms with van der Waals surface area (Å²) in [5, 5.41) is 0. The first-order valence-corrected chi connectivity index (χ1v) is 8.24. The van der Waals surface area contributed by atoms with Crippen molar-refractivity contribution < 1.29 is 4.43 Å². The minimum absolute atomic E-state index is 0.799. The summed E-state index contributed by atoms with van der Waals surface area (Å²) in [6, 6.07) is 8.24. The maximum atomic E-state index is 5.82. The normalized spacial score (nSPS) is 11.1. The molecule has 0 atom stereocenters. The lowest BCUT2D eigenvalue weighted by atomic mass is 10.1. The van der Waals surface area contributed by atoms with E-state index in [1.807, 2.05) is 12.1 Å². The van der Waals surface area contributed by atoms with Gasteiger partial charge in [-0.3, -0.25) is 0 Å². The van der Waals surface area contributed by atoms with Crippen molar-refractivity contribution in [3.05, 3.63) is 42.0 Å². The third-order valence-corrected chi connectivity index (χ3v) is 2.63. The van der Waals surface area contributed by atoms with Crippen LogP contribution in [0.3, 0.4) is 0 Å². The Morgan fingerprint density at radius 2 is 1.93 bits per heavy atom. The van der Waals surface area contributed by atoms with E-state index in [1.54, 1.807) is 0 Å². The molecular weight excluding hydrogens is 188 g/mol. The topological polar surface area (TPSA) is 9.23 Å². The lowest BCUT2D eigenvalue weighted by molar-refractivity contribution is 0.516. The molecule has 0 saturated carbocycles. The van der Waals surface area contributed by atoms with Crippen LogP contribution in [0.2, 0.25) is 19.6 Å². The second-order valence-corrected chi connectivity index (χ2v) is 8.94. The fourth-order valence-corrected chi connectivity index (χ4v) is 2.10. The smallest absolute Gasteiger partial charge is 0.242 e. The molecule has 1 rings (SSSR count). The number of aryl methyl sites for hydroxylation is 1. The van der Waals surface area contributed by atoms with Crippen LogP contribution in [0.5, 0.6) is 0 Å². The molecule has 0 radical (unpaired) electrons. The van der Waals surface area contributed by atoms with Crippen molar-refractivity contribution in [3.8, 4) is 0 Å². The minimum atomic E-state index is -1.52. The minimum Gasteiger partial charge on any atom is -0.544 e. The van der Waals surface area contributed by atoms with Crippen LogP contribution in [0.1, 0.15) is 11.1 Å². The highest BCUT2D eigenvalue weighted by Crippen LogP contribution is 2.19. The van der Waals surface area contributed by atoms with Crippen molar-refractivity contribution in [2.24, 2.45) is 0 Å². The summed E-state index contributed by atoms with van der Waals surface area (Å²) in [5.41, 5.74) is 2.33. The molecule has 1 aromatic carbocycles. The van der Waals surface area contributed by atoms with Gasteiger partial charge in [-0.05, 0) is 32.6 Å². The van der Waals surface area contributed by atoms with Gasteiger partial charge in [-0.1, -0.05) is 30.3 Å². The van der Waals surface area contributed by atoms with Gasteiger partial charge in [-0.2, -0.15) is 0 Å². The van der Waals surface area contributed by atoms with E-state index in [2.05, 4.69) is 45.3 Å². The molecule has 0 heterocycles. The molecule has 0 amide bonds. The summed E-state index contributed by atoms with van der Waals surface area (Å²) in [6.07, 6.45) is 0. The van der Waals surface area contributed by atoms with E-state index in [9.17, 15) is 0 Å². The van der Waals surface area contributed by atoms with Crippen molar-refractivity contribution >= 4 is 14.1 Å². The zero-order valence-electron chi connectivity index (χ0n) is 9.42. The van der Waals surface area contributed by atoms with Gasteiger partial charge in [0.1, 0.15) is 5.76 Å². The molecule has 0 fully saturated rings. The van der Waals surface area contributed by atoms with Crippen molar-refractivity contribution in [1.29, 1.82) is 0 Å². The largest absolute Gasteiger partial charge is 0.544 e. The molecule has 14 heavy (non-hydrogen) atoms. The van der Waals surface area contributed by atoms with Crippen LogP contribution < -0.4 is 0 Å². The number of hydrogen-bond acceptors (Lipinski definition) is 1. The third-order valence-electron chi connectivity index (χ3n) is 1.77. The second-order valence-electron chi connectivity index (χ2n) is 4.51. The van der Waals surface area contributed by atoms with Gasteiger partial charge in [0, 0.05) is 5.56 Å². The molecule has 2 heteroatoms. The first-order chi connectivity index (χ1) is 6.38.